The second-order valence-corrected chi connectivity index (χ2v) is 10.6. The van der Waals surface area contributed by atoms with Gasteiger partial charge in [0.2, 0.25) is 5.91 Å². The van der Waals surface area contributed by atoms with E-state index in [2.05, 4.69) is 26.1 Å². The Hall–Kier alpha value is -1.34. The van der Waals surface area contributed by atoms with Gasteiger partial charge in [-0.1, -0.05) is 32.5 Å². The Balaban J connectivity index is 2.06. The molecule has 1 aliphatic rings. The van der Waals surface area contributed by atoms with Gasteiger partial charge in [-0.05, 0) is 56.9 Å². The van der Waals surface area contributed by atoms with Crippen LogP contribution in [0.5, 0.6) is 0 Å². The summed E-state index contributed by atoms with van der Waals surface area (Å²) in [6, 6.07) is 0. The average molecular weight is 422 g/mol. The minimum Gasteiger partial charge on any atom is -0.355 e. The van der Waals surface area contributed by atoms with Crippen LogP contribution in [-0.4, -0.2) is 27.3 Å². The predicted molar refractivity (Wildman–Crippen MR) is 119 cm³/mol. The molecule has 2 aromatic rings. The Morgan fingerprint density at radius 2 is 2.14 bits per heavy atom. The zero-order valence-corrected chi connectivity index (χ0v) is 19.1. The molecule has 154 valence electrons. The summed E-state index contributed by atoms with van der Waals surface area (Å²) in [5.74, 6) is 1.14. The van der Waals surface area contributed by atoms with E-state index < -0.39 is 0 Å². The molecule has 0 bridgehead atoms. The Kier molecular flexibility index (Phi) is 6.86. The Morgan fingerprint density at radius 1 is 1.39 bits per heavy atom. The fourth-order valence-electron chi connectivity index (χ4n) is 3.61. The third-order valence-electron chi connectivity index (χ3n) is 5.31. The average Bonchev–Trinajstić information content (AvgIpc) is 2.98. The van der Waals surface area contributed by atoms with E-state index in [1.165, 1.54) is 22.2 Å². The number of hydrogen-bond acceptors (Lipinski definition) is 5. The Bertz CT molecular complexity index is 916. The molecule has 0 saturated carbocycles. The van der Waals surface area contributed by atoms with E-state index in [-0.39, 0.29) is 16.7 Å². The molecule has 3 rings (SSSR count). The predicted octanol–water partition coefficient (Wildman–Crippen LogP) is 4.25. The minimum atomic E-state index is -0.288. The van der Waals surface area contributed by atoms with E-state index in [4.69, 9.17) is 4.98 Å². The highest BCUT2D eigenvalue weighted by molar-refractivity contribution is 8.00. The van der Waals surface area contributed by atoms with E-state index in [0.717, 1.165) is 35.9 Å². The van der Waals surface area contributed by atoms with E-state index in [1.807, 2.05) is 18.4 Å². The number of aromatic nitrogens is 2. The van der Waals surface area contributed by atoms with Crippen molar-refractivity contribution < 1.29 is 4.79 Å². The molecule has 0 spiro atoms. The third kappa shape index (κ3) is 4.46. The first kappa shape index (κ1) is 21.4. The van der Waals surface area contributed by atoms with Crippen LogP contribution in [0.2, 0.25) is 0 Å². The molecule has 0 aromatic carbocycles. The smallest absolute Gasteiger partial charge is 0.263 e. The molecule has 1 N–H and O–H groups in total. The first-order valence-corrected chi connectivity index (χ1v) is 12.0. The van der Waals surface area contributed by atoms with Gasteiger partial charge in [0, 0.05) is 18.0 Å². The molecule has 2 aromatic heterocycles. The highest BCUT2D eigenvalue weighted by Gasteiger charge is 2.26. The van der Waals surface area contributed by atoms with Crippen molar-refractivity contribution in [3.8, 4) is 0 Å². The van der Waals surface area contributed by atoms with Crippen molar-refractivity contribution >= 4 is 39.2 Å². The van der Waals surface area contributed by atoms with Crippen molar-refractivity contribution in [3.05, 3.63) is 20.8 Å². The molecule has 0 saturated heterocycles. The van der Waals surface area contributed by atoms with Gasteiger partial charge in [-0.15, -0.1) is 11.3 Å². The van der Waals surface area contributed by atoms with Crippen LogP contribution in [0.3, 0.4) is 0 Å². The second kappa shape index (κ2) is 8.99. The van der Waals surface area contributed by atoms with E-state index in [1.54, 1.807) is 11.3 Å². The minimum absolute atomic E-state index is 0.0171. The summed E-state index contributed by atoms with van der Waals surface area (Å²) in [5, 5.41) is 4.07. The van der Waals surface area contributed by atoms with Crippen LogP contribution in [0.25, 0.3) is 10.2 Å². The van der Waals surface area contributed by atoms with E-state index in [9.17, 15) is 9.59 Å². The summed E-state index contributed by atoms with van der Waals surface area (Å²) in [4.78, 5) is 32.8. The molecule has 2 heterocycles. The van der Waals surface area contributed by atoms with Crippen molar-refractivity contribution in [3.63, 3.8) is 0 Å². The van der Waals surface area contributed by atoms with Crippen LogP contribution >= 0.6 is 23.1 Å². The lowest BCUT2D eigenvalue weighted by molar-refractivity contribution is -0.120. The van der Waals surface area contributed by atoms with Crippen LogP contribution in [0.15, 0.2) is 9.95 Å². The van der Waals surface area contributed by atoms with Crippen molar-refractivity contribution in [1.29, 1.82) is 0 Å². The number of thioether (sulfide) groups is 1. The molecule has 0 fully saturated rings. The maximum absolute atomic E-state index is 13.5. The maximum Gasteiger partial charge on any atom is 0.263 e. The zero-order valence-electron chi connectivity index (χ0n) is 17.5. The Labute approximate surface area is 175 Å². The molecule has 0 aliphatic heterocycles. The lowest BCUT2D eigenvalue weighted by atomic mass is 9.89. The number of nitrogens with one attached hydrogen (secondary N) is 1. The van der Waals surface area contributed by atoms with Crippen LogP contribution in [0.1, 0.15) is 57.9 Å². The number of rotatable bonds is 7. The number of amides is 1. The van der Waals surface area contributed by atoms with Crippen LogP contribution in [0.4, 0.5) is 0 Å². The van der Waals surface area contributed by atoms with Gasteiger partial charge in [0.25, 0.3) is 5.56 Å². The number of fused-ring (bicyclic) bond motifs is 3. The lowest BCUT2D eigenvalue weighted by Gasteiger charge is -2.18. The molecular weight excluding hydrogens is 390 g/mol. The van der Waals surface area contributed by atoms with Gasteiger partial charge in [0.15, 0.2) is 5.16 Å². The number of carbonyl (C=O) groups is 1. The number of nitrogens with zero attached hydrogens (tertiary/aromatic N) is 2. The summed E-state index contributed by atoms with van der Waals surface area (Å²) >= 11 is 3.06. The van der Waals surface area contributed by atoms with Crippen molar-refractivity contribution in [1.82, 2.24) is 14.9 Å². The number of hydrogen-bond donors (Lipinski definition) is 1. The summed E-state index contributed by atoms with van der Waals surface area (Å²) in [6.45, 7) is 11.6. The molecule has 1 amide bonds. The van der Waals surface area contributed by atoms with E-state index in [0.29, 0.717) is 30.1 Å². The molecule has 7 heteroatoms. The van der Waals surface area contributed by atoms with Crippen molar-refractivity contribution in [2.24, 2.45) is 11.8 Å². The first-order chi connectivity index (χ1) is 13.3. The van der Waals surface area contributed by atoms with Gasteiger partial charge in [-0.3, -0.25) is 14.2 Å². The van der Waals surface area contributed by atoms with Gasteiger partial charge < -0.3 is 5.32 Å². The van der Waals surface area contributed by atoms with Gasteiger partial charge >= 0.3 is 0 Å². The summed E-state index contributed by atoms with van der Waals surface area (Å²) in [5.41, 5.74) is 1.30. The van der Waals surface area contributed by atoms with Gasteiger partial charge in [0.1, 0.15) is 4.83 Å². The topological polar surface area (TPSA) is 64.0 Å². The number of thiophene rings is 1. The monoisotopic (exact) mass is 421 g/mol. The van der Waals surface area contributed by atoms with Crippen LogP contribution < -0.4 is 10.9 Å². The molecular formula is C21H31N3O2S2. The molecule has 28 heavy (non-hydrogen) atoms. The fraction of sp³-hybridized carbons (Fsp3) is 0.667. The van der Waals surface area contributed by atoms with Gasteiger partial charge in [-0.2, -0.15) is 0 Å². The summed E-state index contributed by atoms with van der Waals surface area (Å²) in [7, 11) is 0. The SMILES string of the molecule is CCNC(=O)[C@@H](C)Sc1nc2sc3c(c2c(=O)n1CCC(C)C)CC[C@H](C)C3. The first-order valence-electron chi connectivity index (χ1n) is 10.3. The van der Waals surface area contributed by atoms with Gasteiger partial charge in [0.05, 0.1) is 10.6 Å². The zero-order chi connectivity index (χ0) is 20.4. The normalized spacial score (nSPS) is 17.7. The van der Waals surface area contributed by atoms with E-state index >= 15 is 0 Å². The summed E-state index contributed by atoms with van der Waals surface area (Å²) < 4.78 is 1.81. The molecule has 2 atom stereocenters. The second-order valence-electron chi connectivity index (χ2n) is 8.22. The number of carbonyl (C=O) groups excluding carboxylic acids is 1. The maximum atomic E-state index is 13.5. The molecule has 5 nitrogen and oxygen atoms in total. The van der Waals surface area contributed by atoms with Crippen molar-refractivity contribution in [2.75, 3.05) is 6.54 Å². The van der Waals surface area contributed by atoms with Gasteiger partial charge in [-0.25, -0.2) is 4.98 Å². The van der Waals surface area contributed by atoms with Crippen LogP contribution in [-0.2, 0) is 24.2 Å². The highest BCUT2D eigenvalue weighted by Crippen LogP contribution is 2.37. The standard InChI is InChI=1S/C21H31N3O2S2/c1-6-22-18(25)14(5)27-21-23-19-17(20(26)24(21)10-9-12(2)3)15-8-7-13(4)11-16(15)28-19/h12-14H,6-11H2,1-5H3,(H,22,25)/t13-,14+/m0/s1. The van der Waals surface area contributed by atoms with Crippen molar-refractivity contribution in [2.45, 2.75) is 77.3 Å². The summed E-state index contributed by atoms with van der Waals surface area (Å²) in [6.07, 6.45) is 4.06. The quantitative estimate of drug-likeness (QED) is 0.536. The molecule has 0 unspecified atom stereocenters. The fourth-order valence-corrected chi connectivity index (χ4v) is 5.99. The largest absolute Gasteiger partial charge is 0.355 e. The molecule has 0 radical (unpaired) electrons. The van der Waals surface area contributed by atoms with Crippen LogP contribution in [0, 0.1) is 11.8 Å². The molecule has 1 aliphatic carbocycles. The number of aryl methyl sites for hydroxylation is 1. The Morgan fingerprint density at radius 3 is 2.82 bits per heavy atom. The highest BCUT2D eigenvalue weighted by atomic mass is 32.2. The third-order valence-corrected chi connectivity index (χ3v) is 7.55. The lowest BCUT2D eigenvalue weighted by Crippen LogP contribution is -2.32.